The lowest BCUT2D eigenvalue weighted by Crippen LogP contribution is -2.14. The van der Waals surface area contributed by atoms with Gasteiger partial charge in [0.05, 0.1) is 32.2 Å². The van der Waals surface area contributed by atoms with Crippen LogP contribution in [0, 0.1) is 20.2 Å². The first kappa shape index (κ1) is 25.2. The SMILES string of the molecule is O=C(OCCNc1ccc(N=Nc2c(Cl)cc([N+](=O)[O-])cc2[N+](=O)[O-])c2ccccc12)c1ccccc1. The molecule has 11 nitrogen and oxygen atoms in total. The van der Waals surface area contributed by atoms with Gasteiger partial charge in [0, 0.05) is 29.1 Å². The van der Waals surface area contributed by atoms with Crippen molar-refractivity contribution in [3.8, 4) is 0 Å². The number of ether oxygens (including phenoxy) is 1. The summed E-state index contributed by atoms with van der Waals surface area (Å²) in [5, 5.41) is 35.0. The number of nitrogens with one attached hydrogen (secondary N) is 1. The Bertz CT molecular complexity index is 1530. The molecule has 37 heavy (non-hydrogen) atoms. The lowest BCUT2D eigenvalue weighted by atomic mass is 10.1. The third-order valence-electron chi connectivity index (χ3n) is 5.25. The summed E-state index contributed by atoms with van der Waals surface area (Å²) in [6.45, 7) is 0.500. The van der Waals surface area contributed by atoms with Crippen molar-refractivity contribution in [2.75, 3.05) is 18.5 Å². The van der Waals surface area contributed by atoms with Gasteiger partial charge in [-0.15, -0.1) is 10.2 Å². The summed E-state index contributed by atoms with van der Waals surface area (Å²) in [4.78, 5) is 33.0. The van der Waals surface area contributed by atoms with Crippen molar-refractivity contribution in [1.29, 1.82) is 0 Å². The first-order valence-electron chi connectivity index (χ1n) is 10.9. The molecule has 0 aliphatic rings. The summed E-state index contributed by atoms with van der Waals surface area (Å²) in [6, 6.07) is 21.2. The highest BCUT2D eigenvalue weighted by atomic mass is 35.5. The predicted molar refractivity (Wildman–Crippen MR) is 138 cm³/mol. The third kappa shape index (κ3) is 5.85. The van der Waals surface area contributed by atoms with Crippen LogP contribution in [0.15, 0.2) is 89.1 Å². The van der Waals surface area contributed by atoms with Gasteiger partial charge in [-0.05, 0) is 24.3 Å². The lowest BCUT2D eigenvalue weighted by molar-refractivity contribution is -0.393. The average molecular weight is 520 g/mol. The fraction of sp³-hybridized carbons (Fsp3) is 0.0800. The van der Waals surface area contributed by atoms with Crippen LogP contribution in [0.2, 0.25) is 5.02 Å². The topological polar surface area (TPSA) is 149 Å². The maximum atomic E-state index is 12.1. The molecule has 186 valence electrons. The second-order valence-corrected chi connectivity index (χ2v) is 8.02. The first-order chi connectivity index (χ1) is 17.8. The number of nitro benzene ring substituents is 2. The van der Waals surface area contributed by atoms with E-state index in [4.69, 9.17) is 16.3 Å². The van der Waals surface area contributed by atoms with E-state index in [0.29, 0.717) is 23.2 Å². The molecule has 4 rings (SSSR count). The molecule has 1 N–H and O–H groups in total. The smallest absolute Gasteiger partial charge is 0.338 e. The molecule has 12 heteroatoms. The second-order valence-electron chi connectivity index (χ2n) is 7.62. The number of fused-ring (bicyclic) bond motifs is 1. The number of azo groups is 1. The minimum atomic E-state index is -0.803. The molecule has 4 aromatic carbocycles. The van der Waals surface area contributed by atoms with Gasteiger partial charge in [0.15, 0.2) is 5.69 Å². The van der Waals surface area contributed by atoms with Crippen LogP contribution in [-0.2, 0) is 4.74 Å². The number of nitro groups is 2. The largest absolute Gasteiger partial charge is 0.460 e. The number of carbonyl (C=O) groups excluding carboxylic acids is 1. The number of halogens is 1. The molecule has 0 atom stereocenters. The van der Waals surface area contributed by atoms with Crippen molar-refractivity contribution in [1.82, 2.24) is 0 Å². The fourth-order valence-corrected chi connectivity index (χ4v) is 3.78. The van der Waals surface area contributed by atoms with Crippen molar-refractivity contribution < 1.29 is 19.4 Å². The fourth-order valence-electron chi connectivity index (χ4n) is 3.53. The highest BCUT2D eigenvalue weighted by Crippen LogP contribution is 2.40. The zero-order valence-electron chi connectivity index (χ0n) is 19.0. The van der Waals surface area contributed by atoms with Crippen LogP contribution >= 0.6 is 11.6 Å². The van der Waals surface area contributed by atoms with Gasteiger partial charge in [0.25, 0.3) is 5.69 Å². The highest BCUT2D eigenvalue weighted by molar-refractivity contribution is 6.33. The molecule has 0 aliphatic carbocycles. The molecule has 0 bridgehead atoms. The summed E-state index contributed by atoms with van der Waals surface area (Å²) >= 11 is 6.06. The van der Waals surface area contributed by atoms with Crippen LogP contribution in [-0.4, -0.2) is 29.0 Å². The first-order valence-corrected chi connectivity index (χ1v) is 11.2. The summed E-state index contributed by atoms with van der Waals surface area (Å²) in [7, 11) is 0. The third-order valence-corrected chi connectivity index (χ3v) is 5.54. The second kappa shape index (κ2) is 11.2. The van der Waals surface area contributed by atoms with Gasteiger partial charge in [-0.2, -0.15) is 0 Å². The Labute approximate surface area is 214 Å². The molecule has 0 aliphatic heterocycles. The molecule has 0 unspecified atom stereocenters. The number of esters is 1. The Hall–Kier alpha value is -4.90. The number of carbonyl (C=O) groups is 1. The van der Waals surface area contributed by atoms with Crippen molar-refractivity contribution in [2.24, 2.45) is 10.2 Å². The Morgan fingerprint density at radius 1 is 0.892 bits per heavy atom. The lowest BCUT2D eigenvalue weighted by Gasteiger charge is -2.11. The number of rotatable bonds is 9. The molecule has 0 amide bonds. The molecule has 4 aromatic rings. The zero-order valence-corrected chi connectivity index (χ0v) is 19.8. The molecule has 0 radical (unpaired) electrons. The molecule has 0 spiro atoms. The van der Waals surface area contributed by atoms with Crippen LogP contribution < -0.4 is 5.32 Å². The van der Waals surface area contributed by atoms with E-state index in [1.165, 1.54) is 0 Å². The Morgan fingerprint density at radius 3 is 2.30 bits per heavy atom. The van der Waals surface area contributed by atoms with Gasteiger partial charge in [0.2, 0.25) is 0 Å². The number of benzene rings is 4. The Morgan fingerprint density at radius 2 is 1.59 bits per heavy atom. The van der Waals surface area contributed by atoms with Crippen LogP contribution in [0.4, 0.5) is 28.4 Å². The van der Waals surface area contributed by atoms with E-state index in [-0.39, 0.29) is 17.3 Å². The molecular formula is C25H18ClN5O6. The van der Waals surface area contributed by atoms with E-state index < -0.39 is 27.2 Å². The van der Waals surface area contributed by atoms with Gasteiger partial charge < -0.3 is 10.1 Å². The quantitative estimate of drug-likeness (QED) is 0.0822. The van der Waals surface area contributed by atoms with E-state index in [0.717, 1.165) is 23.2 Å². The van der Waals surface area contributed by atoms with Crippen molar-refractivity contribution in [2.45, 2.75) is 0 Å². The van der Waals surface area contributed by atoms with Gasteiger partial charge in [-0.25, -0.2) is 4.79 Å². The van der Waals surface area contributed by atoms with Crippen LogP contribution in [0.5, 0.6) is 0 Å². The van der Waals surface area contributed by atoms with E-state index >= 15 is 0 Å². The summed E-state index contributed by atoms with van der Waals surface area (Å²) in [6.07, 6.45) is 0. The number of anilines is 1. The molecule has 0 saturated carbocycles. The molecule has 0 saturated heterocycles. The van der Waals surface area contributed by atoms with Gasteiger partial charge in [-0.1, -0.05) is 54.1 Å². The maximum Gasteiger partial charge on any atom is 0.338 e. The van der Waals surface area contributed by atoms with Gasteiger partial charge in [0.1, 0.15) is 6.61 Å². The predicted octanol–water partition coefficient (Wildman–Crippen LogP) is 6.99. The summed E-state index contributed by atoms with van der Waals surface area (Å²) in [5.74, 6) is -0.415. The number of non-ortho nitro benzene ring substituents is 1. The van der Waals surface area contributed by atoms with E-state index in [1.54, 1.807) is 48.5 Å². The highest BCUT2D eigenvalue weighted by Gasteiger charge is 2.23. The zero-order chi connectivity index (χ0) is 26.4. The molecular weight excluding hydrogens is 502 g/mol. The minimum Gasteiger partial charge on any atom is -0.460 e. The minimum absolute atomic E-state index is 0.145. The van der Waals surface area contributed by atoms with E-state index in [1.807, 2.05) is 18.2 Å². The Kier molecular flexibility index (Phi) is 7.65. The monoisotopic (exact) mass is 519 g/mol. The normalized spacial score (nSPS) is 10.9. The number of hydrogen-bond acceptors (Lipinski definition) is 9. The Balaban J connectivity index is 1.54. The molecule has 0 aromatic heterocycles. The standard InChI is InChI=1S/C25H18ClN5O6/c26-20-14-17(30(33)34)15-23(31(35)36)24(20)29-28-22-11-10-21(18-8-4-5-9-19(18)22)27-12-13-37-25(32)16-6-2-1-3-7-16/h1-11,14-15,27H,12-13H2. The molecule has 0 fully saturated rings. The number of hydrogen-bond donors (Lipinski definition) is 1. The maximum absolute atomic E-state index is 12.1. The molecule has 0 heterocycles. The van der Waals surface area contributed by atoms with Crippen molar-refractivity contribution in [3.05, 3.63) is 110 Å². The van der Waals surface area contributed by atoms with Crippen molar-refractivity contribution in [3.63, 3.8) is 0 Å². The van der Waals surface area contributed by atoms with Crippen molar-refractivity contribution >= 4 is 56.8 Å². The van der Waals surface area contributed by atoms with Crippen LogP contribution in [0.1, 0.15) is 10.4 Å². The summed E-state index contributed by atoms with van der Waals surface area (Å²) in [5.41, 5.74) is 0.186. The average Bonchev–Trinajstić information content (AvgIpc) is 2.90. The van der Waals surface area contributed by atoms with E-state index in [2.05, 4.69) is 15.5 Å². The van der Waals surface area contributed by atoms with Crippen LogP contribution in [0.3, 0.4) is 0 Å². The van der Waals surface area contributed by atoms with Crippen LogP contribution in [0.25, 0.3) is 10.8 Å². The number of nitrogens with zero attached hydrogens (tertiary/aromatic N) is 4. The van der Waals surface area contributed by atoms with Gasteiger partial charge in [-0.3, -0.25) is 20.2 Å². The van der Waals surface area contributed by atoms with Gasteiger partial charge >= 0.3 is 11.7 Å². The summed E-state index contributed by atoms with van der Waals surface area (Å²) < 4.78 is 5.29. The van der Waals surface area contributed by atoms with E-state index in [9.17, 15) is 25.0 Å².